The molecule has 0 spiro atoms. The lowest BCUT2D eigenvalue weighted by molar-refractivity contribution is -0.388. The van der Waals surface area contributed by atoms with Crippen LogP contribution in [0.5, 0.6) is 0 Å². The first kappa shape index (κ1) is 21.9. The number of benzene rings is 1. The highest BCUT2D eigenvalue weighted by molar-refractivity contribution is 7.99. The molecule has 3 aromatic rings. The van der Waals surface area contributed by atoms with Gasteiger partial charge in [0.15, 0.2) is 11.0 Å². The maximum Gasteiger partial charge on any atom is 0.284 e. The zero-order valence-corrected chi connectivity index (χ0v) is 19.4. The predicted octanol–water partition coefficient (Wildman–Crippen LogP) is 4.43. The Balaban J connectivity index is 1.72. The Bertz CT molecular complexity index is 1200. The smallest absolute Gasteiger partial charge is 0.284 e. The van der Waals surface area contributed by atoms with Crippen molar-refractivity contribution in [2.45, 2.75) is 47.7 Å². The summed E-state index contributed by atoms with van der Waals surface area (Å²) in [5.41, 5.74) is -0.263. The molecule has 2 heterocycles. The zero-order valence-electron chi connectivity index (χ0n) is 17.0. The normalized spacial score (nSPS) is 14.3. The van der Waals surface area contributed by atoms with E-state index in [1.54, 1.807) is 25.2 Å². The number of nitro benzene ring substituents is 1. The molecular weight excluding hydrogens is 458 g/mol. The van der Waals surface area contributed by atoms with Gasteiger partial charge in [0.05, 0.1) is 19.6 Å². The predicted molar refractivity (Wildman–Crippen MR) is 119 cm³/mol. The SMILES string of the molecule is CCN(CC)S(=O)(=O)c1ccc(Sc2nnc(-c3cccs3)n2C2CC2)c([N+](=O)[O-])c1. The van der Waals surface area contributed by atoms with Crippen molar-refractivity contribution in [2.24, 2.45) is 0 Å². The van der Waals surface area contributed by atoms with Crippen molar-refractivity contribution in [3.63, 3.8) is 0 Å². The molecule has 1 aliphatic rings. The van der Waals surface area contributed by atoms with E-state index in [0.717, 1.165) is 41.4 Å². The van der Waals surface area contributed by atoms with Gasteiger partial charge in [-0.1, -0.05) is 19.9 Å². The van der Waals surface area contributed by atoms with Crippen molar-refractivity contribution < 1.29 is 13.3 Å². The number of hydrogen-bond donors (Lipinski definition) is 0. The highest BCUT2D eigenvalue weighted by Gasteiger charge is 2.32. The van der Waals surface area contributed by atoms with E-state index >= 15 is 0 Å². The van der Waals surface area contributed by atoms with Crippen molar-refractivity contribution in [1.82, 2.24) is 19.1 Å². The molecule has 12 heteroatoms. The fourth-order valence-electron chi connectivity index (χ4n) is 3.28. The Morgan fingerprint density at radius 3 is 2.58 bits per heavy atom. The van der Waals surface area contributed by atoms with Gasteiger partial charge in [-0.3, -0.25) is 14.7 Å². The molecule has 4 rings (SSSR count). The summed E-state index contributed by atoms with van der Waals surface area (Å²) in [5, 5.41) is 22.9. The van der Waals surface area contributed by atoms with Crippen molar-refractivity contribution in [3.8, 4) is 10.7 Å². The summed E-state index contributed by atoms with van der Waals surface area (Å²) >= 11 is 2.70. The fraction of sp³-hybridized carbons (Fsp3) is 0.368. The van der Waals surface area contributed by atoms with Gasteiger partial charge >= 0.3 is 0 Å². The van der Waals surface area contributed by atoms with E-state index in [4.69, 9.17) is 0 Å². The average Bonchev–Trinajstić information content (AvgIpc) is 3.26. The molecule has 2 aromatic heterocycles. The molecule has 31 heavy (non-hydrogen) atoms. The van der Waals surface area contributed by atoms with Crippen molar-refractivity contribution in [3.05, 3.63) is 45.8 Å². The van der Waals surface area contributed by atoms with Crippen molar-refractivity contribution in [1.29, 1.82) is 0 Å². The maximum absolute atomic E-state index is 12.8. The van der Waals surface area contributed by atoms with Crippen LogP contribution in [-0.4, -0.2) is 45.5 Å². The molecule has 0 N–H and O–H groups in total. The number of rotatable bonds is 9. The zero-order chi connectivity index (χ0) is 22.2. The molecule has 1 saturated carbocycles. The minimum Gasteiger partial charge on any atom is -0.298 e. The Kier molecular flexibility index (Phi) is 6.15. The summed E-state index contributed by atoms with van der Waals surface area (Å²) in [4.78, 5) is 12.4. The van der Waals surface area contributed by atoms with Crippen LogP contribution in [-0.2, 0) is 10.0 Å². The Labute approximate surface area is 188 Å². The van der Waals surface area contributed by atoms with Crippen LogP contribution in [0.25, 0.3) is 10.7 Å². The molecule has 1 aromatic carbocycles. The minimum absolute atomic E-state index is 0.0878. The van der Waals surface area contributed by atoms with Gasteiger partial charge in [-0.25, -0.2) is 8.42 Å². The topological polar surface area (TPSA) is 111 Å². The van der Waals surface area contributed by atoms with Crippen LogP contribution in [0.2, 0.25) is 0 Å². The quantitative estimate of drug-likeness (QED) is 0.330. The largest absolute Gasteiger partial charge is 0.298 e. The molecule has 9 nitrogen and oxygen atoms in total. The Morgan fingerprint density at radius 2 is 2.00 bits per heavy atom. The molecule has 0 aliphatic heterocycles. The summed E-state index contributed by atoms with van der Waals surface area (Å²) in [5.74, 6) is 0.753. The van der Waals surface area contributed by atoms with Crippen LogP contribution >= 0.6 is 23.1 Å². The lowest BCUT2D eigenvalue weighted by Crippen LogP contribution is -2.30. The van der Waals surface area contributed by atoms with Gasteiger partial charge in [0.1, 0.15) is 0 Å². The van der Waals surface area contributed by atoms with Gasteiger partial charge in [0, 0.05) is 25.2 Å². The Hall–Kier alpha value is -2.28. The van der Waals surface area contributed by atoms with Crippen molar-refractivity contribution >= 4 is 38.8 Å². The van der Waals surface area contributed by atoms with Crippen molar-refractivity contribution in [2.75, 3.05) is 13.1 Å². The second-order valence-corrected chi connectivity index (χ2v) is 10.9. The maximum atomic E-state index is 12.8. The molecule has 1 fully saturated rings. The summed E-state index contributed by atoms with van der Waals surface area (Å²) in [7, 11) is -3.80. The van der Waals surface area contributed by atoms with E-state index in [1.165, 1.54) is 16.4 Å². The van der Waals surface area contributed by atoms with Gasteiger partial charge in [-0.05, 0) is 48.2 Å². The monoisotopic (exact) mass is 479 g/mol. The van der Waals surface area contributed by atoms with E-state index in [9.17, 15) is 18.5 Å². The third-order valence-corrected chi connectivity index (χ3v) is 8.93. The van der Waals surface area contributed by atoms with E-state index in [1.807, 2.05) is 22.1 Å². The molecular formula is C19H21N5O4S3. The van der Waals surface area contributed by atoms with Crippen LogP contribution in [0.1, 0.15) is 32.7 Å². The highest BCUT2D eigenvalue weighted by atomic mass is 32.2. The van der Waals surface area contributed by atoms with E-state index in [2.05, 4.69) is 10.2 Å². The molecule has 0 saturated heterocycles. The third kappa shape index (κ3) is 4.25. The summed E-state index contributed by atoms with van der Waals surface area (Å²) in [6, 6.07) is 8.22. The van der Waals surface area contributed by atoms with Gasteiger partial charge in [0.2, 0.25) is 10.0 Å². The highest BCUT2D eigenvalue weighted by Crippen LogP contribution is 2.44. The number of nitro groups is 1. The van der Waals surface area contributed by atoms with Crippen LogP contribution in [0, 0.1) is 10.1 Å². The molecule has 1 aliphatic carbocycles. The molecule has 164 valence electrons. The minimum atomic E-state index is -3.80. The van der Waals surface area contributed by atoms with Crippen LogP contribution in [0.15, 0.2) is 50.7 Å². The van der Waals surface area contributed by atoms with Crippen LogP contribution < -0.4 is 0 Å². The fourth-order valence-corrected chi connectivity index (χ4v) is 6.45. The number of nitrogens with zero attached hydrogens (tertiary/aromatic N) is 5. The molecule has 0 bridgehead atoms. The first-order valence-electron chi connectivity index (χ1n) is 9.82. The summed E-state index contributed by atoms with van der Waals surface area (Å²) in [6.45, 7) is 4.05. The molecule has 0 atom stereocenters. The lowest BCUT2D eigenvalue weighted by Gasteiger charge is -2.18. The first-order chi connectivity index (χ1) is 14.9. The number of hydrogen-bond acceptors (Lipinski definition) is 8. The third-order valence-electron chi connectivity index (χ3n) is 4.99. The van der Waals surface area contributed by atoms with Crippen LogP contribution in [0.4, 0.5) is 5.69 Å². The molecule has 0 unspecified atom stereocenters. The number of thiophene rings is 1. The van der Waals surface area contributed by atoms with E-state index in [0.29, 0.717) is 23.1 Å². The van der Waals surface area contributed by atoms with Gasteiger partial charge in [0.25, 0.3) is 5.69 Å². The molecule has 0 amide bonds. The average molecular weight is 480 g/mol. The number of sulfonamides is 1. The standard InChI is InChI=1S/C19H21N5O4S3/c1-3-22(4-2)31(27,28)14-9-10-16(15(12-14)24(25)26)30-19-21-20-18(17-6-5-11-29-17)23(19)13-7-8-13/h5-6,9-13H,3-4,7-8H2,1-2H3. The van der Waals surface area contributed by atoms with E-state index in [-0.39, 0.29) is 16.6 Å². The second kappa shape index (κ2) is 8.69. The second-order valence-electron chi connectivity index (χ2n) is 6.96. The summed E-state index contributed by atoms with van der Waals surface area (Å²) in [6.07, 6.45) is 2.01. The van der Waals surface area contributed by atoms with Gasteiger partial charge < -0.3 is 0 Å². The number of aromatic nitrogens is 3. The van der Waals surface area contributed by atoms with Crippen LogP contribution in [0.3, 0.4) is 0 Å². The van der Waals surface area contributed by atoms with Gasteiger partial charge in [-0.15, -0.1) is 21.5 Å². The summed E-state index contributed by atoms with van der Waals surface area (Å²) < 4.78 is 28.9. The lowest BCUT2D eigenvalue weighted by atomic mass is 10.3. The van der Waals surface area contributed by atoms with Gasteiger partial charge in [-0.2, -0.15) is 4.31 Å². The van der Waals surface area contributed by atoms with E-state index < -0.39 is 14.9 Å². The first-order valence-corrected chi connectivity index (χ1v) is 13.0. The Morgan fingerprint density at radius 1 is 1.26 bits per heavy atom. The molecule has 0 radical (unpaired) electrons.